The van der Waals surface area contributed by atoms with Crippen LogP contribution in [0, 0.1) is 0 Å². The molecule has 2 unspecified atom stereocenters. The lowest BCUT2D eigenvalue weighted by molar-refractivity contribution is -0.142. The Morgan fingerprint density at radius 2 is 2.24 bits per heavy atom. The number of ether oxygens (including phenoxy) is 1. The number of rotatable bonds is 3. The highest BCUT2D eigenvalue weighted by molar-refractivity contribution is 7.90. The lowest BCUT2D eigenvalue weighted by Gasteiger charge is -2.22. The summed E-state index contributed by atoms with van der Waals surface area (Å²) in [6, 6.07) is -0.000531. The molecule has 6 nitrogen and oxygen atoms in total. The Labute approximate surface area is 101 Å². The van der Waals surface area contributed by atoms with Crippen LogP contribution in [0.2, 0.25) is 0 Å². The third kappa shape index (κ3) is 2.31. The van der Waals surface area contributed by atoms with Crippen molar-refractivity contribution in [2.75, 3.05) is 26.2 Å². The molecule has 2 heterocycles. The number of sulfonamides is 1. The van der Waals surface area contributed by atoms with Gasteiger partial charge in [-0.15, -0.1) is 0 Å². The van der Waals surface area contributed by atoms with Crippen molar-refractivity contribution in [2.45, 2.75) is 31.1 Å². The van der Waals surface area contributed by atoms with E-state index in [2.05, 4.69) is 5.32 Å². The first-order valence-electron chi connectivity index (χ1n) is 5.95. The van der Waals surface area contributed by atoms with E-state index in [4.69, 9.17) is 4.74 Å². The minimum atomic E-state index is -3.51. The van der Waals surface area contributed by atoms with Crippen molar-refractivity contribution in [3.05, 3.63) is 0 Å². The van der Waals surface area contributed by atoms with Crippen LogP contribution < -0.4 is 5.32 Å². The lowest BCUT2D eigenvalue weighted by atomic mass is 10.2. The van der Waals surface area contributed by atoms with Crippen LogP contribution in [0.1, 0.15) is 19.8 Å². The average Bonchev–Trinajstić information content (AvgIpc) is 2.84. The predicted octanol–water partition coefficient (Wildman–Crippen LogP) is -0.684. The zero-order chi connectivity index (χ0) is 12.5. The second-order valence-electron chi connectivity index (χ2n) is 4.33. The molecule has 2 aliphatic heterocycles. The van der Waals surface area contributed by atoms with Crippen molar-refractivity contribution in [3.8, 4) is 0 Å². The van der Waals surface area contributed by atoms with Gasteiger partial charge < -0.3 is 10.1 Å². The maximum Gasteiger partial charge on any atom is 0.325 e. The third-order valence-electron chi connectivity index (χ3n) is 3.29. The van der Waals surface area contributed by atoms with Crippen LogP contribution in [0.25, 0.3) is 0 Å². The quantitative estimate of drug-likeness (QED) is 0.682. The fourth-order valence-corrected chi connectivity index (χ4v) is 4.43. The molecule has 98 valence electrons. The molecule has 0 bridgehead atoms. The Morgan fingerprint density at radius 1 is 1.47 bits per heavy atom. The highest BCUT2D eigenvalue weighted by atomic mass is 32.2. The Bertz CT molecular complexity index is 389. The molecule has 2 rings (SSSR count). The van der Waals surface area contributed by atoms with Crippen LogP contribution >= 0.6 is 0 Å². The zero-order valence-electron chi connectivity index (χ0n) is 9.89. The van der Waals surface area contributed by atoms with E-state index < -0.39 is 21.2 Å². The van der Waals surface area contributed by atoms with E-state index in [1.54, 1.807) is 6.92 Å². The molecule has 2 fully saturated rings. The molecule has 0 aromatic carbocycles. The molecule has 17 heavy (non-hydrogen) atoms. The first kappa shape index (κ1) is 12.8. The molecule has 7 heteroatoms. The SMILES string of the molecule is CCOC(=O)C1CCN(C2CCNC2)S1(=O)=O. The first-order chi connectivity index (χ1) is 8.07. The Kier molecular flexibility index (Phi) is 3.70. The summed E-state index contributed by atoms with van der Waals surface area (Å²) in [5, 5.41) is 2.14. The summed E-state index contributed by atoms with van der Waals surface area (Å²) in [6.45, 7) is 3.83. The Balaban J connectivity index is 2.11. The summed E-state index contributed by atoms with van der Waals surface area (Å²) in [7, 11) is -3.51. The number of carbonyl (C=O) groups excluding carboxylic acids is 1. The van der Waals surface area contributed by atoms with Crippen LogP contribution in [-0.2, 0) is 19.6 Å². The van der Waals surface area contributed by atoms with Crippen LogP contribution in [0.4, 0.5) is 0 Å². The topological polar surface area (TPSA) is 75.7 Å². The first-order valence-corrected chi connectivity index (χ1v) is 7.45. The van der Waals surface area contributed by atoms with Crippen molar-refractivity contribution in [2.24, 2.45) is 0 Å². The van der Waals surface area contributed by atoms with E-state index in [0.29, 0.717) is 19.5 Å². The minimum Gasteiger partial charge on any atom is -0.465 e. The second-order valence-corrected chi connectivity index (χ2v) is 6.40. The monoisotopic (exact) mass is 262 g/mol. The van der Waals surface area contributed by atoms with Gasteiger partial charge in [0, 0.05) is 19.1 Å². The van der Waals surface area contributed by atoms with Gasteiger partial charge in [-0.3, -0.25) is 4.79 Å². The molecule has 1 N–H and O–H groups in total. The van der Waals surface area contributed by atoms with Crippen LogP contribution in [-0.4, -0.2) is 56.2 Å². The fourth-order valence-electron chi connectivity index (χ4n) is 2.43. The van der Waals surface area contributed by atoms with Gasteiger partial charge in [-0.25, -0.2) is 8.42 Å². The molecule has 0 aliphatic carbocycles. The maximum absolute atomic E-state index is 12.2. The van der Waals surface area contributed by atoms with Crippen molar-refractivity contribution < 1.29 is 17.9 Å². The van der Waals surface area contributed by atoms with Crippen molar-refractivity contribution >= 4 is 16.0 Å². The normalized spacial score (nSPS) is 32.8. The van der Waals surface area contributed by atoms with Gasteiger partial charge in [-0.05, 0) is 26.3 Å². The average molecular weight is 262 g/mol. The molecule has 0 amide bonds. The molecule has 2 atom stereocenters. The number of nitrogens with zero attached hydrogens (tertiary/aromatic N) is 1. The molecule has 0 aromatic heterocycles. The number of nitrogens with one attached hydrogen (secondary N) is 1. The van der Waals surface area contributed by atoms with Gasteiger partial charge in [0.1, 0.15) is 0 Å². The Morgan fingerprint density at radius 3 is 2.82 bits per heavy atom. The van der Waals surface area contributed by atoms with Gasteiger partial charge in [0.25, 0.3) is 0 Å². The zero-order valence-corrected chi connectivity index (χ0v) is 10.7. The van der Waals surface area contributed by atoms with E-state index in [0.717, 1.165) is 13.0 Å². The summed E-state index contributed by atoms with van der Waals surface area (Å²) < 4.78 is 30.7. The molecule has 0 aromatic rings. The molecule has 2 saturated heterocycles. The van der Waals surface area contributed by atoms with Crippen molar-refractivity contribution in [1.29, 1.82) is 0 Å². The summed E-state index contributed by atoms with van der Waals surface area (Å²) in [5.41, 5.74) is 0. The van der Waals surface area contributed by atoms with E-state index in [1.165, 1.54) is 4.31 Å². The second kappa shape index (κ2) is 4.91. The third-order valence-corrected chi connectivity index (χ3v) is 5.57. The Hall–Kier alpha value is -0.660. The van der Waals surface area contributed by atoms with E-state index in [1.807, 2.05) is 0 Å². The van der Waals surface area contributed by atoms with Crippen LogP contribution in [0.5, 0.6) is 0 Å². The molecule has 2 aliphatic rings. The maximum atomic E-state index is 12.2. The van der Waals surface area contributed by atoms with Gasteiger partial charge in [-0.2, -0.15) is 4.31 Å². The predicted molar refractivity (Wildman–Crippen MR) is 61.9 cm³/mol. The largest absolute Gasteiger partial charge is 0.465 e. The van der Waals surface area contributed by atoms with Crippen molar-refractivity contribution in [3.63, 3.8) is 0 Å². The fraction of sp³-hybridized carbons (Fsp3) is 0.900. The summed E-state index contributed by atoms with van der Waals surface area (Å²) in [6.07, 6.45) is 1.16. The van der Waals surface area contributed by atoms with Gasteiger partial charge >= 0.3 is 5.97 Å². The molecular weight excluding hydrogens is 244 g/mol. The standard InChI is InChI=1S/C10H18N2O4S/c1-2-16-10(13)9-4-6-12(17(9,14)15)8-3-5-11-7-8/h8-9,11H,2-7H2,1H3. The number of hydrogen-bond acceptors (Lipinski definition) is 5. The van der Waals surface area contributed by atoms with Gasteiger partial charge in [0.15, 0.2) is 5.25 Å². The summed E-state index contributed by atoms with van der Waals surface area (Å²) in [5.74, 6) is -0.610. The highest BCUT2D eigenvalue weighted by Crippen LogP contribution is 2.27. The van der Waals surface area contributed by atoms with Gasteiger partial charge in [0.05, 0.1) is 6.61 Å². The summed E-state index contributed by atoms with van der Waals surface area (Å²) in [4.78, 5) is 11.6. The van der Waals surface area contributed by atoms with Crippen LogP contribution in [0.15, 0.2) is 0 Å². The summed E-state index contributed by atoms with van der Waals surface area (Å²) >= 11 is 0. The molecule has 0 saturated carbocycles. The van der Waals surface area contributed by atoms with Gasteiger partial charge in [0.2, 0.25) is 10.0 Å². The lowest BCUT2D eigenvalue weighted by Crippen LogP contribution is -2.41. The highest BCUT2D eigenvalue weighted by Gasteiger charge is 2.47. The number of hydrogen-bond donors (Lipinski definition) is 1. The number of carbonyl (C=O) groups is 1. The van der Waals surface area contributed by atoms with E-state index in [-0.39, 0.29) is 12.6 Å². The minimum absolute atomic E-state index is 0.000531. The molecule has 0 radical (unpaired) electrons. The van der Waals surface area contributed by atoms with E-state index in [9.17, 15) is 13.2 Å². The molecule has 0 spiro atoms. The van der Waals surface area contributed by atoms with Crippen molar-refractivity contribution in [1.82, 2.24) is 9.62 Å². The van der Waals surface area contributed by atoms with Crippen LogP contribution in [0.3, 0.4) is 0 Å². The smallest absolute Gasteiger partial charge is 0.325 e. The van der Waals surface area contributed by atoms with Gasteiger partial charge in [-0.1, -0.05) is 0 Å². The number of esters is 1. The molecular formula is C10H18N2O4S. The van der Waals surface area contributed by atoms with E-state index >= 15 is 0 Å².